The largest absolute Gasteiger partial charge is 0.495 e. The summed E-state index contributed by atoms with van der Waals surface area (Å²) in [6.45, 7) is 3.70. The summed E-state index contributed by atoms with van der Waals surface area (Å²) in [6, 6.07) is 7.15. The van der Waals surface area contributed by atoms with Crippen molar-refractivity contribution in [1.29, 1.82) is 0 Å². The number of piperidine rings is 1. The number of anilines is 1. The molecule has 176 valence electrons. The number of sulfonamides is 1. The number of methoxy groups -OCH3 is 1. The monoisotopic (exact) mass is 474 g/mol. The van der Waals surface area contributed by atoms with E-state index < -0.39 is 15.9 Å². The Balaban J connectivity index is 1.68. The van der Waals surface area contributed by atoms with Gasteiger partial charge in [0.15, 0.2) is 17.3 Å². The van der Waals surface area contributed by atoms with Gasteiger partial charge in [-0.15, -0.1) is 0 Å². The van der Waals surface area contributed by atoms with E-state index in [9.17, 15) is 18.0 Å². The zero-order chi connectivity index (χ0) is 23.8. The van der Waals surface area contributed by atoms with Gasteiger partial charge in [0.1, 0.15) is 10.6 Å². The molecule has 2 heterocycles. The van der Waals surface area contributed by atoms with Crippen molar-refractivity contribution in [2.24, 2.45) is 0 Å². The molecular formula is C23H26N2O7S. The minimum atomic E-state index is -3.87. The molecule has 0 aromatic heterocycles. The van der Waals surface area contributed by atoms with Gasteiger partial charge in [-0.3, -0.25) is 9.59 Å². The molecule has 1 amide bonds. The number of nitrogens with one attached hydrogen (secondary N) is 1. The van der Waals surface area contributed by atoms with Gasteiger partial charge < -0.3 is 19.5 Å². The molecule has 1 unspecified atom stereocenters. The molecule has 1 fully saturated rings. The van der Waals surface area contributed by atoms with Crippen LogP contribution in [0.1, 0.15) is 53.8 Å². The number of amides is 1. The van der Waals surface area contributed by atoms with Crippen LogP contribution in [0.4, 0.5) is 5.69 Å². The zero-order valence-electron chi connectivity index (χ0n) is 18.7. The van der Waals surface area contributed by atoms with Crippen LogP contribution >= 0.6 is 0 Å². The average Bonchev–Trinajstić information content (AvgIpc) is 3.25. The van der Waals surface area contributed by atoms with Crippen LogP contribution < -0.4 is 19.5 Å². The highest BCUT2D eigenvalue weighted by molar-refractivity contribution is 7.89. The first kappa shape index (κ1) is 23.1. The van der Waals surface area contributed by atoms with Gasteiger partial charge in [-0.2, -0.15) is 4.31 Å². The second-order valence-electron chi connectivity index (χ2n) is 8.09. The highest BCUT2D eigenvalue weighted by Gasteiger charge is 2.33. The number of carbonyl (C=O) groups excluding carboxylic acids is 2. The summed E-state index contributed by atoms with van der Waals surface area (Å²) in [5.41, 5.74) is 0.629. The molecule has 2 aromatic carbocycles. The molecule has 0 bridgehead atoms. The topological polar surface area (TPSA) is 111 Å². The molecule has 1 N–H and O–H groups in total. The summed E-state index contributed by atoms with van der Waals surface area (Å²) in [5.74, 6) is 0.165. The summed E-state index contributed by atoms with van der Waals surface area (Å²) < 4.78 is 44.3. The summed E-state index contributed by atoms with van der Waals surface area (Å²) in [5, 5.41) is 2.70. The lowest BCUT2D eigenvalue weighted by Gasteiger charge is -2.32. The van der Waals surface area contributed by atoms with Gasteiger partial charge in [-0.1, -0.05) is 6.42 Å². The molecule has 1 saturated heterocycles. The Kier molecular flexibility index (Phi) is 6.31. The minimum absolute atomic E-state index is 0.0265. The third-order valence-corrected chi connectivity index (χ3v) is 7.93. The Bertz CT molecular complexity index is 1210. The van der Waals surface area contributed by atoms with E-state index in [2.05, 4.69) is 5.32 Å². The van der Waals surface area contributed by atoms with Crippen molar-refractivity contribution >= 4 is 27.4 Å². The molecular weight excluding hydrogens is 448 g/mol. The van der Waals surface area contributed by atoms with Crippen molar-refractivity contribution in [2.75, 3.05) is 25.8 Å². The van der Waals surface area contributed by atoms with Crippen LogP contribution in [-0.2, 0) is 10.0 Å². The Morgan fingerprint density at radius 2 is 1.85 bits per heavy atom. The maximum atomic E-state index is 13.4. The van der Waals surface area contributed by atoms with Crippen molar-refractivity contribution in [2.45, 2.75) is 44.0 Å². The van der Waals surface area contributed by atoms with Crippen molar-refractivity contribution < 1.29 is 32.2 Å². The molecule has 0 radical (unpaired) electrons. The Hall–Kier alpha value is -3.11. The predicted molar refractivity (Wildman–Crippen MR) is 121 cm³/mol. The summed E-state index contributed by atoms with van der Waals surface area (Å²) in [4.78, 5) is 25.1. The molecule has 0 spiro atoms. The van der Waals surface area contributed by atoms with Gasteiger partial charge in [0, 0.05) is 29.8 Å². The number of hydrogen-bond donors (Lipinski definition) is 1. The van der Waals surface area contributed by atoms with Gasteiger partial charge >= 0.3 is 0 Å². The Morgan fingerprint density at radius 3 is 2.52 bits per heavy atom. The SMILES string of the molecule is COc1ccc(C(=O)Nc2cc3c(cc2C(C)=O)OCO3)cc1S(=O)(=O)N1CCCCC1C. The average molecular weight is 475 g/mol. The van der Waals surface area contributed by atoms with E-state index in [0.29, 0.717) is 18.0 Å². The van der Waals surface area contributed by atoms with Crippen LogP contribution in [-0.4, -0.2) is 50.9 Å². The first-order valence-corrected chi connectivity index (χ1v) is 12.1. The molecule has 2 aliphatic heterocycles. The third kappa shape index (κ3) is 4.40. The fraction of sp³-hybridized carbons (Fsp3) is 0.391. The number of carbonyl (C=O) groups is 2. The molecule has 2 aliphatic rings. The number of Topliss-reactive ketones (excluding diaryl/α,β-unsaturated/α-hetero) is 1. The van der Waals surface area contributed by atoms with Crippen LogP contribution in [0.5, 0.6) is 17.2 Å². The van der Waals surface area contributed by atoms with Crippen LogP contribution in [0.3, 0.4) is 0 Å². The molecule has 0 aliphatic carbocycles. The van der Waals surface area contributed by atoms with E-state index in [1.807, 2.05) is 6.92 Å². The van der Waals surface area contributed by atoms with Crippen LogP contribution in [0.15, 0.2) is 35.2 Å². The lowest BCUT2D eigenvalue weighted by Crippen LogP contribution is -2.42. The molecule has 0 saturated carbocycles. The quantitative estimate of drug-likeness (QED) is 0.639. The number of rotatable bonds is 6. The number of ether oxygens (including phenoxy) is 3. The minimum Gasteiger partial charge on any atom is -0.495 e. The van der Waals surface area contributed by atoms with E-state index in [0.717, 1.165) is 19.3 Å². The highest BCUT2D eigenvalue weighted by atomic mass is 32.2. The predicted octanol–water partition coefficient (Wildman–Crippen LogP) is 3.44. The van der Waals surface area contributed by atoms with Gasteiger partial charge in [-0.25, -0.2) is 8.42 Å². The molecule has 33 heavy (non-hydrogen) atoms. The molecule has 2 aromatic rings. The maximum absolute atomic E-state index is 13.4. The second-order valence-corrected chi connectivity index (χ2v) is 9.95. The lowest BCUT2D eigenvalue weighted by molar-refractivity contribution is 0.101. The van der Waals surface area contributed by atoms with Gasteiger partial charge in [0.2, 0.25) is 16.8 Å². The fourth-order valence-electron chi connectivity index (χ4n) is 4.11. The van der Waals surface area contributed by atoms with Crippen molar-refractivity contribution in [1.82, 2.24) is 4.31 Å². The van der Waals surface area contributed by atoms with E-state index in [4.69, 9.17) is 14.2 Å². The molecule has 10 heteroatoms. The maximum Gasteiger partial charge on any atom is 0.255 e. The fourth-order valence-corrected chi connectivity index (χ4v) is 5.99. The van der Waals surface area contributed by atoms with E-state index >= 15 is 0 Å². The summed E-state index contributed by atoms with van der Waals surface area (Å²) in [7, 11) is -2.49. The lowest BCUT2D eigenvalue weighted by atomic mass is 10.1. The number of fused-ring (bicyclic) bond motifs is 1. The van der Waals surface area contributed by atoms with E-state index in [-0.39, 0.29) is 46.1 Å². The Morgan fingerprint density at radius 1 is 1.12 bits per heavy atom. The van der Waals surface area contributed by atoms with E-state index in [1.54, 1.807) is 0 Å². The third-order valence-electron chi connectivity index (χ3n) is 5.89. The number of hydrogen-bond acceptors (Lipinski definition) is 7. The van der Waals surface area contributed by atoms with Gasteiger partial charge in [0.05, 0.1) is 12.8 Å². The smallest absolute Gasteiger partial charge is 0.255 e. The number of ketones is 1. The molecule has 4 rings (SSSR count). The summed E-state index contributed by atoms with van der Waals surface area (Å²) >= 11 is 0. The number of benzene rings is 2. The molecule has 9 nitrogen and oxygen atoms in total. The van der Waals surface area contributed by atoms with Crippen molar-refractivity contribution in [3.63, 3.8) is 0 Å². The first-order valence-electron chi connectivity index (χ1n) is 10.7. The Labute approximate surface area is 192 Å². The van der Waals surface area contributed by atoms with Crippen molar-refractivity contribution in [3.05, 3.63) is 41.5 Å². The first-order chi connectivity index (χ1) is 15.7. The van der Waals surface area contributed by atoms with Crippen LogP contribution in [0, 0.1) is 0 Å². The van der Waals surface area contributed by atoms with Crippen LogP contribution in [0.25, 0.3) is 0 Å². The van der Waals surface area contributed by atoms with Gasteiger partial charge in [-0.05, 0) is 51.0 Å². The normalized spacial score (nSPS) is 18.1. The second kappa shape index (κ2) is 9.03. The standard InChI is InChI=1S/C23H26N2O7S/c1-14-6-4-5-9-25(14)33(28,29)22-10-16(7-8-19(22)30-3)23(27)24-18-12-21-20(31-13-32-21)11-17(18)15(2)26/h7-8,10-12,14H,4-6,9,13H2,1-3H3,(H,24,27). The van der Waals surface area contributed by atoms with Gasteiger partial charge in [0.25, 0.3) is 5.91 Å². The number of nitrogens with zero attached hydrogens (tertiary/aromatic N) is 1. The highest BCUT2D eigenvalue weighted by Crippen LogP contribution is 2.38. The van der Waals surface area contributed by atoms with E-state index in [1.165, 1.54) is 48.7 Å². The van der Waals surface area contributed by atoms with Crippen molar-refractivity contribution in [3.8, 4) is 17.2 Å². The molecule has 1 atom stereocenters. The summed E-state index contributed by atoms with van der Waals surface area (Å²) in [6.07, 6.45) is 2.53. The van der Waals surface area contributed by atoms with Crippen LogP contribution in [0.2, 0.25) is 0 Å². The zero-order valence-corrected chi connectivity index (χ0v) is 19.5.